The smallest absolute Gasteiger partial charge is 0.236 e. The standard InChI is InChI=1S/C23H25FN6O/c1-15-8-18-13-29(14-19(15)30(18)21-5-2-16(9-25)10-27-21)22(31)12-28-23(6-7-23)20-4-3-17(24)11-26-20/h2-5,10-11,15,18-19,28H,6-8,12-14H2,1H3/t15-,18?,19?/m1/s1. The summed E-state index contributed by atoms with van der Waals surface area (Å²) >= 11 is 0. The second kappa shape index (κ2) is 7.57. The molecule has 160 valence electrons. The van der Waals surface area contributed by atoms with E-state index in [-0.39, 0.29) is 35.9 Å². The molecule has 0 radical (unpaired) electrons. The summed E-state index contributed by atoms with van der Waals surface area (Å²) in [5.41, 5.74) is 1.05. The predicted octanol–water partition coefficient (Wildman–Crippen LogP) is 2.19. The third-order valence-corrected chi connectivity index (χ3v) is 6.93. The molecule has 3 aliphatic rings. The Balaban J connectivity index is 1.24. The zero-order chi connectivity index (χ0) is 21.6. The first-order chi connectivity index (χ1) is 15.0. The van der Waals surface area contributed by atoms with Crippen molar-refractivity contribution < 1.29 is 9.18 Å². The van der Waals surface area contributed by atoms with E-state index in [0.717, 1.165) is 30.8 Å². The van der Waals surface area contributed by atoms with Crippen LogP contribution in [0.3, 0.4) is 0 Å². The Morgan fingerprint density at radius 1 is 1.26 bits per heavy atom. The number of nitriles is 1. The molecule has 31 heavy (non-hydrogen) atoms. The van der Waals surface area contributed by atoms with Crippen molar-refractivity contribution >= 4 is 11.7 Å². The maximum Gasteiger partial charge on any atom is 0.236 e. The van der Waals surface area contributed by atoms with Crippen molar-refractivity contribution in [2.45, 2.75) is 43.8 Å². The molecule has 2 aromatic heterocycles. The molecule has 0 spiro atoms. The molecule has 3 fully saturated rings. The number of carbonyl (C=O) groups excluding carboxylic acids is 1. The fourth-order valence-electron chi connectivity index (χ4n) is 5.06. The minimum absolute atomic E-state index is 0.0879. The van der Waals surface area contributed by atoms with E-state index >= 15 is 0 Å². The van der Waals surface area contributed by atoms with Gasteiger partial charge >= 0.3 is 0 Å². The summed E-state index contributed by atoms with van der Waals surface area (Å²) < 4.78 is 13.2. The number of fused-ring (bicyclic) bond motifs is 2. The van der Waals surface area contributed by atoms with E-state index in [2.05, 4.69) is 33.2 Å². The number of aromatic nitrogens is 2. The van der Waals surface area contributed by atoms with Crippen LogP contribution in [0.25, 0.3) is 0 Å². The average Bonchev–Trinajstić information content (AvgIpc) is 3.55. The molecular formula is C23H25FN6O. The van der Waals surface area contributed by atoms with E-state index in [4.69, 9.17) is 5.26 Å². The lowest BCUT2D eigenvalue weighted by atomic mass is 10.0. The molecule has 2 unspecified atom stereocenters. The lowest BCUT2D eigenvalue weighted by Crippen LogP contribution is -2.58. The van der Waals surface area contributed by atoms with Crippen molar-refractivity contribution in [1.82, 2.24) is 20.2 Å². The fraction of sp³-hybridized carbons (Fsp3) is 0.478. The largest absolute Gasteiger partial charge is 0.347 e. The topological polar surface area (TPSA) is 85.2 Å². The maximum absolute atomic E-state index is 13.2. The molecule has 1 amide bonds. The number of rotatable bonds is 5. The van der Waals surface area contributed by atoms with Crippen LogP contribution in [0.2, 0.25) is 0 Å². The Hall–Kier alpha value is -3.05. The quantitative estimate of drug-likeness (QED) is 0.798. The van der Waals surface area contributed by atoms with Gasteiger partial charge in [-0.3, -0.25) is 15.1 Å². The Kier molecular flexibility index (Phi) is 4.86. The third-order valence-electron chi connectivity index (χ3n) is 6.93. The first kappa shape index (κ1) is 19.9. The monoisotopic (exact) mass is 420 g/mol. The number of pyridine rings is 2. The second-order valence-electron chi connectivity index (χ2n) is 8.95. The number of hydrogen-bond donors (Lipinski definition) is 1. The minimum Gasteiger partial charge on any atom is -0.347 e. The summed E-state index contributed by atoms with van der Waals surface area (Å²) in [6.07, 6.45) is 5.67. The van der Waals surface area contributed by atoms with Crippen LogP contribution >= 0.6 is 0 Å². The molecule has 1 N–H and O–H groups in total. The van der Waals surface area contributed by atoms with E-state index in [1.54, 1.807) is 18.3 Å². The number of amides is 1. The highest BCUT2D eigenvalue weighted by atomic mass is 19.1. The van der Waals surface area contributed by atoms with E-state index in [1.165, 1.54) is 12.3 Å². The van der Waals surface area contributed by atoms with Gasteiger partial charge in [0.2, 0.25) is 5.91 Å². The van der Waals surface area contributed by atoms with E-state index in [9.17, 15) is 9.18 Å². The lowest BCUT2D eigenvalue weighted by Gasteiger charge is -2.42. The number of carbonyl (C=O) groups is 1. The van der Waals surface area contributed by atoms with Gasteiger partial charge in [-0.25, -0.2) is 9.37 Å². The normalized spacial score (nSPS) is 25.9. The van der Waals surface area contributed by atoms with Gasteiger partial charge in [0.05, 0.1) is 35.6 Å². The Morgan fingerprint density at radius 3 is 2.71 bits per heavy atom. The number of nitrogens with one attached hydrogen (secondary N) is 1. The van der Waals surface area contributed by atoms with Gasteiger partial charge in [-0.2, -0.15) is 5.26 Å². The van der Waals surface area contributed by atoms with Crippen molar-refractivity contribution in [3.05, 3.63) is 53.7 Å². The Labute approximate surface area is 180 Å². The molecule has 8 heteroatoms. The number of piperazine rings is 1. The van der Waals surface area contributed by atoms with Crippen molar-refractivity contribution in [3.63, 3.8) is 0 Å². The zero-order valence-corrected chi connectivity index (χ0v) is 17.5. The van der Waals surface area contributed by atoms with Gasteiger partial charge in [-0.15, -0.1) is 0 Å². The summed E-state index contributed by atoms with van der Waals surface area (Å²) in [5, 5.41) is 12.4. The molecule has 2 aliphatic heterocycles. The lowest BCUT2D eigenvalue weighted by molar-refractivity contribution is -0.131. The Bertz CT molecular complexity index is 1010. The van der Waals surface area contributed by atoms with Crippen LogP contribution in [0.1, 0.15) is 37.4 Å². The molecule has 7 nitrogen and oxygen atoms in total. The number of anilines is 1. The second-order valence-corrected chi connectivity index (χ2v) is 8.95. The predicted molar refractivity (Wildman–Crippen MR) is 112 cm³/mol. The SMILES string of the molecule is C[C@@H]1CC2CN(C(=O)CNC3(c4ccc(F)cn4)CC3)CC1N2c1ccc(C#N)cn1. The van der Waals surface area contributed by atoms with Crippen LogP contribution in [0, 0.1) is 23.1 Å². The molecule has 1 aliphatic carbocycles. The molecule has 2 aromatic rings. The van der Waals surface area contributed by atoms with Gasteiger partial charge in [-0.05, 0) is 49.4 Å². The van der Waals surface area contributed by atoms with Crippen molar-refractivity contribution in [3.8, 4) is 6.07 Å². The first-order valence-corrected chi connectivity index (χ1v) is 10.8. The molecule has 4 heterocycles. The van der Waals surface area contributed by atoms with Crippen LogP contribution < -0.4 is 10.2 Å². The van der Waals surface area contributed by atoms with Gasteiger partial charge in [0.15, 0.2) is 0 Å². The van der Waals surface area contributed by atoms with E-state index < -0.39 is 0 Å². The van der Waals surface area contributed by atoms with E-state index in [0.29, 0.717) is 24.6 Å². The highest BCUT2D eigenvalue weighted by Gasteiger charge is 2.48. The molecule has 3 atom stereocenters. The van der Waals surface area contributed by atoms with Gasteiger partial charge in [-0.1, -0.05) is 6.92 Å². The molecule has 1 saturated carbocycles. The Morgan fingerprint density at radius 2 is 2.10 bits per heavy atom. The van der Waals surface area contributed by atoms with Gasteiger partial charge in [0.25, 0.3) is 0 Å². The van der Waals surface area contributed by atoms with Crippen LogP contribution in [0.5, 0.6) is 0 Å². The van der Waals surface area contributed by atoms with Crippen molar-refractivity contribution in [2.75, 3.05) is 24.5 Å². The number of likely N-dealkylation sites (tertiary alicyclic amines) is 1. The summed E-state index contributed by atoms with van der Waals surface area (Å²) in [5.74, 6) is 1.08. The molecule has 0 aromatic carbocycles. The number of hydrogen-bond acceptors (Lipinski definition) is 6. The molecule has 2 saturated heterocycles. The van der Waals surface area contributed by atoms with Crippen molar-refractivity contribution in [2.24, 2.45) is 5.92 Å². The van der Waals surface area contributed by atoms with Crippen LogP contribution in [-0.2, 0) is 10.3 Å². The van der Waals surface area contributed by atoms with Crippen molar-refractivity contribution in [1.29, 1.82) is 5.26 Å². The highest BCUT2D eigenvalue weighted by Crippen LogP contribution is 2.44. The molecule has 5 rings (SSSR count). The summed E-state index contributed by atoms with van der Waals surface area (Å²) in [7, 11) is 0. The third kappa shape index (κ3) is 3.63. The summed E-state index contributed by atoms with van der Waals surface area (Å²) in [6.45, 7) is 3.82. The minimum atomic E-state index is -0.352. The summed E-state index contributed by atoms with van der Waals surface area (Å²) in [6, 6.07) is 9.38. The molecule has 2 bridgehead atoms. The van der Waals surface area contributed by atoms with Crippen LogP contribution in [0.15, 0.2) is 36.7 Å². The van der Waals surface area contributed by atoms with Crippen LogP contribution in [0.4, 0.5) is 10.2 Å². The average molecular weight is 420 g/mol. The number of halogens is 1. The van der Waals surface area contributed by atoms with Gasteiger partial charge < -0.3 is 9.80 Å². The van der Waals surface area contributed by atoms with Gasteiger partial charge in [0, 0.05) is 25.3 Å². The fourth-order valence-corrected chi connectivity index (χ4v) is 5.06. The van der Waals surface area contributed by atoms with Gasteiger partial charge in [0.1, 0.15) is 17.7 Å². The first-order valence-electron chi connectivity index (χ1n) is 10.8. The number of nitrogens with zero attached hydrogens (tertiary/aromatic N) is 5. The highest BCUT2D eigenvalue weighted by molar-refractivity contribution is 5.79. The van der Waals surface area contributed by atoms with E-state index in [1.807, 2.05) is 11.0 Å². The molecular weight excluding hydrogens is 395 g/mol. The van der Waals surface area contributed by atoms with Crippen LogP contribution in [-0.4, -0.2) is 52.5 Å². The maximum atomic E-state index is 13.2. The summed E-state index contributed by atoms with van der Waals surface area (Å²) in [4.78, 5) is 26.0. The zero-order valence-electron chi connectivity index (χ0n) is 17.5.